The summed E-state index contributed by atoms with van der Waals surface area (Å²) in [5.74, 6) is 0. The fourth-order valence-electron chi connectivity index (χ4n) is 1.95. The summed E-state index contributed by atoms with van der Waals surface area (Å²) in [7, 11) is 0. The molecule has 0 saturated carbocycles. The van der Waals surface area contributed by atoms with Crippen LogP contribution in [0.25, 0.3) is 0 Å². The molecule has 0 unspecified atom stereocenters. The van der Waals surface area contributed by atoms with Gasteiger partial charge in [0.25, 0.3) is 0 Å². The van der Waals surface area contributed by atoms with Crippen LogP contribution in [0, 0.1) is 0 Å². The van der Waals surface area contributed by atoms with E-state index in [2.05, 4.69) is 4.99 Å². The van der Waals surface area contributed by atoms with Gasteiger partial charge in [-0.05, 0) is 36.2 Å². The third-order valence-corrected chi connectivity index (χ3v) is 3.23. The number of hydrogen-bond acceptors (Lipinski definition) is 1. The van der Waals surface area contributed by atoms with Gasteiger partial charge in [0.1, 0.15) is 0 Å². The van der Waals surface area contributed by atoms with Gasteiger partial charge in [-0.25, -0.2) is 0 Å². The number of rotatable bonds is 3. The lowest BCUT2D eigenvalue weighted by molar-refractivity contribution is -0.137. The number of aliphatic imine (C=N–C) groups is 1. The minimum Gasteiger partial charge on any atom is -0.252 e. The van der Waals surface area contributed by atoms with Crippen molar-refractivity contribution in [2.45, 2.75) is 19.5 Å². The molecule has 0 amide bonds. The highest BCUT2D eigenvalue weighted by molar-refractivity contribution is 6.30. The first-order chi connectivity index (χ1) is 9.91. The van der Waals surface area contributed by atoms with Crippen molar-refractivity contribution in [1.29, 1.82) is 0 Å². The highest BCUT2D eigenvalue weighted by Gasteiger charge is 2.33. The van der Waals surface area contributed by atoms with E-state index in [1.807, 2.05) is 6.92 Å². The van der Waals surface area contributed by atoms with Crippen molar-refractivity contribution < 1.29 is 13.2 Å². The van der Waals surface area contributed by atoms with Crippen molar-refractivity contribution in [3.8, 4) is 0 Å². The fraction of sp³-hybridized carbons (Fsp3) is 0.188. The smallest absolute Gasteiger partial charge is 0.252 e. The summed E-state index contributed by atoms with van der Waals surface area (Å²) in [4.78, 5) is 4.20. The molecule has 0 aliphatic heterocycles. The van der Waals surface area contributed by atoms with E-state index in [-0.39, 0.29) is 5.69 Å². The van der Waals surface area contributed by atoms with Crippen LogP contribution in [-0.2, 0) is 6.18 Å². The average Bonchev–Trinajstić information content (AvgIpc) is 2.45. The Morgan fingerprint density at radius 2 is 1.67 bits per heavy atom. The molecule has 0 saturated heterocycles. The van der Waals surface area contributed by atoms with Crippen LogP contribution in [0.1, 0.15) is 24.5 Å². The minimum absolute atomic E-state index is 0.0724. The second kappa shape index (κ2) is 6.31. The van der Waals surface area contributed by atoms with Gasteiger partial charge in [-0.3, -0.25) is 4.99 Å². The molecule has 0 atom stereocenters. The number of halogens is 4. The summed E-state index contributed by atoms with van der Waals surface area (Å²) in [5.41, 5.74) is 0.545. The molecule has 0 N–H and O–H groups in total. The van der Waals surface area contributed by atoms with Crippen molar-refractivity contribution >= 4 is 23.0 Å². The van der Waals surface area contributed by atoms with Gasteiger partial charge in [-0.15, -0.1) is 0 Å². The van der Waals surface area contributed by atoms with Crippen LogP contribution < -0.4 is 0 Å². The molecular formula is C16H13ClF3N. The van der Waals surface area contributed by atoms with Crippen LogP contribution >= 0.6 is 11.6 Å². The van der Waals surface area contributed by atoms with Crippen molar-refractivity contribution in [3.63, 3.8) is 0 Å². The normalized spacial score (nSPS) is 12.5. The first kappa shape index (κ1) is 15.6. The first-order valence-corrected chi connectivity index (χ1v) is 6.79. The predicted octanol–water partition coefficient (Wildman–Crippen LogP) is 5.89. The van der Waals surface area contributed by atoms with Gasteiger partial charge in [-0.2, -0.15) is 13.2 Å². The summed E-state index contributed by atoms with van der Waals surface area (Å²) >= 11 is 5.82. The Morgan fingerprint density at radius 1 is 1.05 bits per heavy atom. The monoisotopic (exact) mass is 311 g/mol. The van der Waals surface area contributed by atoms with E-state index in [0.717, 1.165) is 11.6 Å². The first-order valence-electron chi connectivity index (χ1n) is 6.41. The van der Waals surface area contributed by atoms with Crippen LogP contribution in [0.4, 0.5) is 18.9 Å². The Labute approximate surface area is 126 Å². The van der Waals surface area contributed by atoms with Crippen molar-refractivity contribution in [2.75, 3.05) is 0 Å². The van der Waals surface area contributed by atoms with E-state index in [9.17, 15) is 13.2 Å². The molecule has 1 nitrogen and oxygen atoms in total. The molecule has 2 rings (SSSR count). The molecule has 0 radical (unpaired) electrons. The van der Waals surface area contributed by atoms with E-state index >= 15 is 0 Å². The van der Waals surface area contributed by atoms with Gasteiger partial charge in [-0.1, -0.05) is 42.8 Å². The zero-order valence-corrected chi connectivity index (χ0v) is 12.0. The third-order valence-electron chi connectivity index (χ3n) is 2.98. The second-order valence-electron chi connectivity index (χ2n) is 4.43. The van der Waals surface area contributed by atoms with Crippen molar-refractivity contribution in [3.05, 3.63) is 64.7 Å². The predicted molar refractivity (Wildman–Crippen MR) is 79.4 cm³/mol. The zero-order valence-electron chi connectivity index (χ0n) is 11.3. The van der Waals surface area contributed by atoms with E-state index in [1.54, 1.807) is 30.3 Å². The lowest BCUT2D eigenvalue weighted by atomic mass is 10.1. The highest BCUT2D eigenvalue weighted by Crippen LogP contribution is 2.36. The van der Waals surface area contributed by atoms with Crippen LogP contribution in [-0.4, -0.2) is 5.71 Å². The third kappa shape index (κ3) is 3.85. The summed E-state index contributed by atoms with van der Waals surface area (Å²) in [6, 6.07) is 12.2. The molecule has 0 heterocycles. The number of alkyl halides is 3. The van der Waals surface area contributed by atoms with Gasteiger partial charge >= 0.3 is 6.18 Å². The summed E-state index contributed by atoms with van der Waals surface area (Å²) in [6.45, 7) is 1.85. The molecule has 2 aromatic rings. The largest absolute Gasteiger partial charge is 0.418 e. The number of nitrogens with zero attached hydrogens (tertiary/aromatic N) is 1. The topological polar surface area (TPSA) is 12.4 Å². The summed E-state index contributed by atoms with van der Waals surface area (Å²) in [5, 5.41) is 0.574. The molecule has 2 aromatic carbocycles. The lowest BCUT2D eigenvalue weighted by Crippen LogP contribution is -2.06. The fourth-order valence-corrected chi connectivity index (χ4v) is 2.07. The number of para-hydroxylation sites is 1. The lowest BCUT2D eigenvalue weighted by Gasteiger charge is -2.11. The Kier molecular flexibility index (Phi) is 4.68. The molecule has 0 bridgehead atoms. The quantitative estimate of drug-likeness (QED) is 0.627. The maximum absolute atomic E-state index is 13.0. The Hall–Kier alpha value is -1.81. The Bertz CT molecular complexity index is 645. The van der Waals surface area contributed by atoms with Crippen molar-refractivity contribution in [2.24, 2.45) is 4.99 Å². The van der Waals surface area contributed by atoms with E-state index in [0.29, 0.717) is 17.2 Å². The molecule has 0 aromatic heterocycles. The van der Waals surface area contributed by atoms with Gasteiger partial charge < -0.3 is 0 Å². The van der Waals surface area contributed by atoms with Gasteiger partial charge in [0, 0.05) is 10.7 Å². The van der Waals surface area contributed by atoms with Gasteiger partial charge in [0.15, 0.2) is 0 Å². The second-order valence-corrected chi connectivity index (χ2v) is 4.87. The van der Waals surface area contributed by atoms with Crippen LogP contribution in [0.2, 0.25) is 5.02 Å². The SMILES string of the molecule is CC/C(=N\c1ccccc1C(F)(F)F)c1ccc(Cl)cc1. The molecule has 5 heteroatoms. The Balaban J connectivity index is 2.48. The van der Waals surface area contributed by atoms with Gasteiger partial charge in [0.2, 0.25) is 0 Å². The van der Waals surface area contributed by atoms with E-state index < -0.39 is 11.7 Å². The van der Waals surface area contributed by atoms with Gasteiger partial charge in [0.05, 0.1) is 11.3 Å². The highest BCUT2D eigenvalue weighted by atomic mass is 35.5. The van der Waals surface area contributed by atoms with Crippen LogP contribution in [0.5, 0.6) is 0 Å². The summed E-state index contributed by atoms with van der Waals surface area (Å²) in [6.07, 6.45) is -3.90. The molecule has 0 spiro atoms. The maximum Gasteiger partial charge on any atom is 0.418 e. The zero-order chi connectivity index (χ0) is 15.5. The molecule has 0 fully saturated rings. The number of benzene rings is 2. The number of hydrogen-bond donors (Lipinski definition) is 0. The molecule has 21 heavy (non-hydrogen) atoms. The van der Waals surface area contributed by atoms with E-state index in [1.165, 1.54) is 12.1 Å². The molecular weight excluding hydrogens is 299 g/mol. The standard InChI is InChI=1S/C16H13ClF3N/c1-2-14(11-7-9-12(17)10-8-11)21-15-6-4-3-5-13(15)16(18,19)20/h3-10H,2H2,1H3/b21-14+. The average molecular weight is 312 g/mol. The molecule has 0 aliphatic rings. The summed E-state index contributed by atoms with van der Waals surface area (Å²) < 4.78 is 38.9. The molecule has 0 aliphatic carbocycles. The van der Waals surface area contributed by atoms with Crippen LogP contribution in [0.15, 0.2) is 53.5 Å². The molecule has 110 valence electrons. The maximum atomic E-state index is 13.0. The van der Waals surface area contributed by atoms with E-state index in [4.69, 9.17) is 11.6 Å². The Morgan fingerprint density at radius 3 is 2.24 bits per heavy atom. The van der Waals surface area contributed by atoms with Crippen molar-refractivity contribution in [1.82, 2.24) is 0 Å². The minimum atomic E-state index is -4.42. The van der Waals surface area contributed by atoms with Crippen LogP contribution in [0.3, 0.4) is 0 Å².